The monoisotopic (exact) mass is 142 g/mol. The van der Waals surface area contributed by atoms with Gasteiger partial charge in [0.2, 0.25) is 0 Å². The fourth-order valence-corrected chi connectivity index (χ4v) is 0.671. The number of carbonyl (C=O) groups excluding carboxylic acids is 1. The average Bonchev–Trinajstić information content (AvgIpc) is 2.02. The zero-order chi connectivity index (χ0) is 9.90. The minimum Gasteiger partial charge on any atom is -0.496 e. The number of methoxy groups -OCH3 is 1. The van der Waals surface area contributed by atoms with Crippen LogP contribution in [-0.4, -0.2) is 13.3 Å². The average molecular weight is 142 g/mol. The lowest BCUT2D eigenvalue weighted by atomic mass is 10.2. The molecule has 52 valence electrons. The molecule has 1 rings (SSSR count). The third-order valence-corrected chi connectivity index (χ3v) is 1.16. The molecule has 1 aromatic rings. The van der Waals surface area contributed by atoms with Crippen molar-refractivity contribution in [2.45, 2.75) is 0 Å². The quantitative estimate of drug-likeness (QED) is 0.585. The van der Waals surface area contributed by atoms with Crippen molar-refractivity contribution >= 4 is 6.29 Å². The van der Waals surface area contributed by atoms with Crippen molar-refractivity contribution in [3.8, 4) is 5.75 Å². The summed E-state index contributed by atoms with van der Waals surface area (Å²) in [6, 6.07) is 6.17. The van der Waals surface area contributed by atoms with E-state index in [0.29, 0.717) is 6.29 Å². The van der Waals surface area contributed by atoms with Crippen LogP contribution in [0.5, 0.6) is 5.75 Å². The molecule has 0 aliphatic heterocycles. The molecule has 1 aromatic carbocycles. The summed E-state index contributed by atoms with van der Waals surface area (Å²) in [4.78, 5) is 10.4. The second-order valence-electron chi connectivity index (χ2n) is 1.76. The summed E-state index contributed by atoms with van der Waals surface area (Å²) >= 11 is 0. The van der Waals surface area contributed by atoms with E-state index in [1.54, 1.807) is 12.1 Å². The number of aldehydes is 1. The van der Waals surface area contributed by atoms with E-state index in [-0.39, 0.29) is 11.3 Å². The van der Waals surface area contributed by atoms with Crippen molar-refractivity contribution in [3.05, 3.63) is 29.8 Å². The van der Waals surface area contributed by atoms with Crippen LogP contribution >= 0.6 is 0 Å². The first kappa shape index (κ1) is 3.76. The van der Waals surface area contributed by atoms with E-state index in [4.69, 9.17) is 4.11 Å². The number of benzene rings is 1. The second kappa shape index (κ2) is 3.01. The van der Waals surface area contributed by atoms with Crippen LogP contribution in [0, 0.1) is 0 Å². The molecule has 0 saturated carbocycles. The highest BCUT2D eigenvalue weighted by atomic mass is 16.5. The van der Waals surface area contributed by atoms with Crippen molar-refractivity contribution in [2.24, 2.45) is 0 Å². The molecule has 0 aromatic heterocycles. The van der Waals surface area contributed by atoms with Gasteiger partial charge in [-0.15, -0.1) is 0 Å². The standard InChI is InChI=1S/C8H8O2/c1-10-8-5-3-2-4-7(8)6-9/h2-6H,1H3/i1T3. The third kappa shape index (κ3) is 1.16. The first-order valence-corrected chi connectivity index (χ1v) is 2.76. The molecule has 2 heteroatoms. The van der Waals surface area contributed by atoms with Crippen LogP contribution in [0.1, 0.15) is 14.5 Å². The topological polar surface area (TPSA) is 26.3 Å². The normalized spacial score (nSPS) is 14.6. The summed E-state index contributed by atoms with van der Waals surface area (Å²) in [6.07, 6.45) is 0.557. The van der Waals surface area contributed by atoms with E-state index >= 15 is 0 Å². The molecule has 0 fully saturated rings. The molecule has 0 aliphatic carbocycles. The lowest BCUT2D eigenvalue weighted by Gasteiger charge is -1.99. The number of rotatable bonds is 2. The molecule has 0 atom stereocenters. The van der Waals surface area contributed by atoms with E-state index in [9.17, 15) is 4.79 Å². The van der Waals surface area contributed by atoms with Gasteiger partial charge in [-0.3, -0.25) is 4.79 Å². The van der Waals surface area contributed by atoms with Gasteiger partial charge in [0.1, 0.15) is 5.75 Å². The molecule has 0 N–H and O–H groups in total. The largest absolute Gasteiger partial charge is 0.496 e. The van der Waals surface area contributed by atoms with Gasteiger partial charge in [0.15, 0.2) is 6.29 Å². The number of carbonyl (C=O) groups is 1. The van der Waals surface area contributed by atoms with Crippen molar-refractivity contribution in [1.29, 1.82) is 0 Å². The molecule has 0 radical (unpaired) electrons. The van der Waals surface area contributed by atoms with Crippen LogP contribution in [0.4, 0.5) is 0 Å². The maximum absolute atomic E-state index is 10.4. The maximum Gasteiger partial charge on any atom is 0.153 e. The number of hydrogen-bond acceptors (Lipinski definition) is 2. The Morgan fingerprint density at radius 3 is 3.10 bits per heavy atom. The van der Waals surface area contributed by atoms with Crippen LogP contribution in [0.2, 0.25) is 0 Å². The summed E-state index contributed by atoms with van der Waals surface area (Å²) in [5.41, 5.74) is 0.235. The predicted octanol–water partition coefficient (Wildman–Crippen LogP) is 1.51. The molecule has 0 amide bonds. The Labute approximate surface area is 63.7 Å². The molecule has 0 saturated heterocycles. The Kier molecular flexibility index (Phi) is 1.13. The highest BCUT2D eigenvalue weighted by Crippen LogP contribution is 2.13. The molecule has 0 spiro atoms. The van der Waals surface area contributed by atoms with Gasteiger partial charge >= 0.3 is 0 Å². The van der Waals surface area contributed by atoms with Gasteiger partial charge in [-0.1, -0.05) is 12.1 Å². The van der Waals surface area contributed by atoms with Gasteiger partial charge in [-0.25, -0.2) is 0 Å². The van der Waals surface area contributed by atoms with Crippen LogP contribution in [0.25, 0.3) is 0 Å². The molecule has 10 heavy (non-hydrogen) atoms. The van der Waals surface area contributed by atoms with Gasteiger partial charge in [-0.2, -0.15) is 0 Å². The summed E-state index contributed by atoms with van der Waals surface area (Å²) in [5.74, 6) is 0.0810. The van der Waals surface area contributed by atoms with E-state index in [1.165, 1.54) is 12.1 Å². The van der Waals surface area contributed by atoms with Crippen LogP contribution < -0.4 is 4.74 Å². The Hall–Kier alpha value is -1.31. The number of ether oxygens (including phenoxy) is 1. The third-order valence-electron chi connectivity index (χ3n) is 1.16. The number of para-hydroxylation sites is 1. The lowest BCUT2D eigenvalue weighted by Crippen LogP contribution is -1.88. The Morgan fingerprint density at radius 2 is 2.40 bits per heavy atom. The van der Waals surface area contributed by atoms with E-state index in [0.717, 1.165) is 0 Å². The molecule has 2 nitrogen and oxygen atoms in total. The molecular weight excluding hydrogens is 128 g/mol. The zero-order valence-electron chi connectivity index (χ0n) is 8.20. The molecule has 0 heterocycles. The maximum atomic E-state index is 10.4. The first-order valence-electron chi connectivity index (χ1n) is 4.26. The van der Waals surface area contributed by atoms with Crippen LogP contribution in [-0.2, 0) is 0 Å². The van der Waals surface area contributed by atoms with E-state index < -0.39 is 7.04 Å². The highest BCUT2D eigenvalue weighted by Gasteiger charge is 1.96. The SMILES string of the molecule is [3H]C([3H])([3H])Oc1ccccc1C=O. The fraction of sp³-hybridized carbons (Fsp3) is 0.125. The lowest BCUT2D eigenvalue weighted by molar-refractivity contribution is 0.112. The van der Waals surface area contributed by atoms with Gasteiger partial charge in [0.05, 0.1) is 16.7 Å². The van der Waals surface area contributed by atoms with Crippen molar-refractivity contribution in [1.82, 2.24) is 0 Å². The van der Waals surface area contributed by atoms with Crippen molar-refractivity contribution in [2.75, 3.05) is 7.04 Å². The Morgan fingerprint density at radius 1 is 1.60 bits per heavy atom. The molecule has 0 bridgehead atoms. The Balaban J connectivity index is 2.94. The zero-order valence-corrected chi connectivity index (χ0v) is 5.20. The van der Waals surface area contributed by atoms with Gasteiger partial charge in [0.25, 0.3) is 0 Å². The second-order valence-corrected chi connectivity index (χ2v) is 1.76. The van der Waals surface area contributed by atoms with E-state index in [1.807, 2.05) is 0 Å². The van der Waals surface area contributed by atoms with Gasteiger partial charge in [0, 0.05) is 0 Å². The molecule has 0 unspecified atom stereocenters. The van der Waals surface area contributed by atoms with Crippen molar-refractivity contribution in [3.63, 3.8) is 0 Å². The van der Waals surface area contributed by atoms with Gasteiger partial charge in [-0.05, 0) is 12.1 Å². The van der Waals surface area contributed by atoms with Crippen LogP contribution in [0.3, 0.4) is 0 Å². The van der Waals surface area contributed by atoms with Crippen molar-refractivity contribution < 1.29 is 13.6 Å². The summed E-state index contributed by atoms with van der Waals surface area (Å²) in [7, 11) is -2.51. The summed E-state index contributed by atoms with van der Waals surface area (Å²) in [5, 5.41) is 0. The van der Waals surface area contributed by atoms with Crippen LogP contribution in [0.15, 0.2) is 24.3 Å². The van der Waals surface area contributed by atoms with Gasteiger partial charge < -0.3 is 4.74 Å². The number of hydrogen-bond donors (Lipinski definition) is 0. The summed E-state index contributed by atoms with van der Waals surface area (Å²) < 4.78 is 25.1. The smallest absolute Gasteiger partial charge is 0.153 e. The molecular formula is C8H8O2. The minimum atomic E-state index is -2.51. The molecule has 0 aliphatic rings. The minimum absolute atomic E-state index is 0.0810. The first-order chi connectivity index (χ1) is 6.03. The highest BCUT2D eigenvalue weighted by molar-refractivity contribution is 5.79. The van der Waals surface area contributed by atoms with E-state index in [2.05, 4.69) is 4.74 Å². The summed E-state index contributed by atoms with van der Waals surface area (Å²) in [6.45, 7) is 0. The fourth-order valence-electron chi connectivity index (χ4n) is 0.671. The predicted molar refractivity (Wildman–Crippen MR) is 38.4 cm³/mol. The Bertz CT molecular complexity index is 307.